The maximum absolute atomic E-state index is 11.4. The number of esters is 1. The predicted molar refractivity (Wildman–Crippen MR) is 63.7 cm³/mol. The first-order valence-electron chi connectivity index (χ1n) is 3.95. The second-order valence-corrected chi connectivity index (χ2v) is 5.08. The minimum Gasteiger partial charge on any atom is -0.465 e. The molecule has 2 aromatic heterocycles. The highest BCUT2D eigenvalue weighted by molar-refractivity contribution is 9.10. The Hall–Kier alpha value is -0.650. The summed E-state index contributed by atoms with van der Waals surface area (Å²) in [5, 5.41) is 0.356. The zero-order chi connectivity index (χ0) is 11.0. The third-order valence-corrected chi connectivity index (χ3v) is 3.83. The van der Waals surface area contributed by atoms with Crippen LogP contribution in [-0.2, 0) is 4.74 Å². The van der Waals surface area contributed by atoms with Crippen molar-refractivity contribution in [1.29, 1.82) is 0 Å². The molecule has 2 aromatic rings. The normalized spacial score (nSPS) is 10.6. The summed E-state index contributed by atoms with van der Waals surface area (Å²) in [6, 6.07) is 1.87. The monoisotopic (exact) mass is 305 g/mol. The molecular weight excluding hydrogens is 302 g/mol. The highest BCUT2D eigenvalue weighted by Gasteiger charge is 2.18. The van der Waals surface area contributed by atoms with Gasteiger partial charge in [-0.25, -0.2) is 4.79 Å². The average molecular weight is 307 g/mol. The number of hydrogen-bond acceptors (Lipinski definition) is 4. The number of carbonyl (C=O) groups excluding carboxylic acids is 1. The van der Waals surface area contributed by atoms with Crippen molar-refractivity contribution in [2.75, 3.05) is 7.11 Å². The van der Waals surface area contributed by atoms with Crippen molar-refractivity contribution < 1.29 is 9.53 Å². The van der Waals surface area contributed by atoms with Crippen molar-refractivity contribution in [2.24, 2.45) is 0 Å². The SMILES string of the molecule is COC(=O)c1sc2cc(Br)cnc2c1Cl. The average Bonchev–Trinajstić information content (AvgIpc) is 2.54. The van der Waals surface area contributed by atoms with Gasteiger partial charge in [-0.2, -0.15) is 0 Å². The van der Waals surface area contributed by atoms with E-state index >= 15 is 0 Å². The van der Waals surface area contributed by atoms with Gasteiger partial charge in [-0.15, -0.1) is 11.3 Å². The maximum atomic E-state index is 11.4. The van der Waals surface area contributed by atoms with Gasteiger partial charge in [0.2, 0.25) is 0 Å². The van der Waals surface area contributed by atoms with Crippen LogP contribution in [0.5, 0.6) is 0 Å². The zero-order valence-electron chi connectivity index (χ0n) is 7.58. The fourth-order valence-electron chi connectivity index (χ4n) is 1.15. The van der Waals surface area contributed by atoms with Gasteiger partial charge in [0.25, 0.3) is 0 Å². The molecular formula is C9H5BrClNO2S. The Morgan fingerprint density at radius 1 is 1.67 bits per heavy atom. The number of methoxy groups -OCH3 is 1. The van der Waals surface area contributed by atoms with Crippen LogP contribution in [0.2, 0.25) is 5.02 Å². The fraction of sp³-hybridized carbons (Fsp3) is 0.111. The number of hydrogen-bond donors (Lipinski definition) is 0. The van der Waals surface area contributed by atoms with Crippen molar-refractivity contribution >= 4 is 55.1 Å². The van der Waals surface area contributed by atoms with Crippen molar-refractivity contribution in [3.05, 3.63) is 26.6 Å². The Kier molecular flexibility index (Phi) is 2.95. The summed E-state index contributed by atoms with van der Waals surface area (Å²) in [7, 11) is 1.33. The first kappa shape index (κ1) is 10.9. The molecule has 0 saturated carbocycles. The molecule has 0 spiro atoms. The standard InChI is InChI=1S/C9H5BrClNO2S/c1-14-9(13)8-6(11)7-5(15-8)2-4(10)3-12-7/h2-3H,1H3. The van der Waals surface area contributed by atoms with Gasteiger partial charge in [-0.05, 0) is 22.0 Å². The lowest BCUT2D eigenvalue weighted by molar-refractivity contribution is 0.0606. The van der Waals surface area contributed by atoms with Crippen molar-refractivity contribution in [2.45, 2.75) is 0 Å². The van der Waals surface area contributed by atoms with Crippen LogP contribution >= 0.6 is 38.9 Å². The molecule has 0 aliphatic heterocycles. The number of pyridine rings is 1. The third-order valence-electron chi connectivity index (χ3n) is 1.81. The lowest BCUT2D eigenvalue weighted by Gasteiger charge is -1.93. The van der Waals surface area contributed by atoms with Crippen LogP contribution in [0.25, 0.3) is 10.2 Å². The van der Waals surface area contributed by atoms with Crippen LogP contribution in [0.3, 0.4) is 0 Å². The van der Waals surface area contributed by atoms with Crippen molar-refractivity contribution in [1.82, 2.24) is 4.98 Å². The van der Waals surface area contributed by atoms with E-state index in [4.69, 9.17) is 11.6 Å². The van der Waals surface area contributed by atoms with Crippen LogP contribution in [0, 0.1) is 0 Å². The molecule has 0 aliphatic carbocycles. The summed E-state index contributed by atoms with van der Waals surface area (Å²) in [6.45, 7) is 0. The van der Waals surface area contributed by atoms with E-state index in [1.165, 1.54) is 18.4 Å². The first-order chi connectivity index (χ1) is 7.13. The largest absolute Gasteiger partial charge is 0.465 e. The highest BCUT2D eigenvalue weighted by atomic mass is 79.9. The Morgan fingerprint density at radius 2 is 2.40 bits per heavy atom. The first-order valence-corrected chi connectivity index (χ1v) is 5.94. The van der Waals surface area contributed by atoms with Crippen molar-refractivity contribution in [3.63, 3.8) is 0 Å². The quantitative estimate of drug-likeness (QED) is 0.757. The van der Waals surface area contributed by atoms with E-state index in [2.05, 4.69) is 25.7 Å². The Morgan fingerprint density at radius 3 is 3.07 bits per heavy atom. The molecule has 2 rings (SSSR count). The van der Waals surface area contributed by atoms with Crippen LogP contribution in [0.4, 0.5) is 0 Å². The van der Waals surface area contributed by atoms with Crippen LogP contribution in [0.15, 0.2) is 16.7 Å². The zero-order valence-corrected chi connectivity index (χ0v) is 10.7. The molecule has 0 radical (unpaired) electrons. The van der Waals surface area contributed by atoms with Gasteiger partial charge in [-0.3, -0.25) is 4.98 Å². The van der Waals surface area contributed by atoms with Crippen LogP contribution < -0.4 is 0 Å². The molecule has 0 aromatic carbocycles. The van der Waals surface area contributed by atoms with Crippen LogP contribution in [0.1, 0.15) is 9.67 Å². The van der Waals surface area contributed by atoms with Gasteiger partial charge in [0.1, 0.15) is 10.4 Å². The number of aromatic nitrogens is 1. The minimum absolute atomic E-state index is 0.356. The molecule has 0 atom stereocenters. The highest BCUT2D eigenvalue weighted by Crippen LogP contribution is 2.35. The molecule has 15 heavy (non-hydrogen) atoms. The molecule has 6 heteroatoms. The number of halogens is 2. The van der Waals surface area contributed by atoms with E-state index in [1.54, 1.807) is 6.20 Å². The summed E-state index contributed by atoms with van der Waals surface area (Å²) in [5.41, 5.74) is 0.630. The summed E-state index contributed by atoms with van der Waals surface area (Å²) < 4.78 is 6.33. The molecule has 78 valence electrons. The second-order valence-electron chi connectivity index (χ2n) is 2.74. The number of rotatable bonds is 1. The van der Waals surface area contributed by atoms with Gasteiger partial charge in [0, 0.05) is 10.7 Å². The smallest absolute Gasteiger partial charge is 0.349 e. The van der Waals surface area contributed by atoms with E-state index in [0.29, 0.717) is 15.4 Å². The summed E-state index contributed by atoms with van der Waals surface area (Å²) in [4.78, 5) is 15.9. The predicted octanol–water partition coefficient (Wildman–Crippen LogP) is 3.50. The maximum Gasteiger partial charge on any atom is 0.349 e. The van der Waals surface area contributed by atoms with Gasteiger partial charge in [0.05, 0.1) is 16.8 Å². The molecule has 0 N–H and O–H groups in total. The molecule has 0 unspecified atom stereocenters. The van der Waals surface area contributed by atoms with Crippen molar-refractivity contribution in [3.8, 4) is 0 Å². The third kappa shape index (κ3) is 1.87. The Balaban J connectivity index is 2.69. The van der Waals surface area contributed by atoms with Gasteiger partial charge < -0.3 is 4.74 Å². The topological polar surface area (TPSA) is 39.2 Å². The Labute approximate surface area is 103 Å². The molecule has 0 aliphatic rings. The van der Waals surface area contributed by atoms with Gasteiger partial charge >= 0.3 is 5.97 Å². The Bertz CT molecular complexity index is 540. The van der Waals surface area contributed by atoms with E-state index in [0.717, 1.165) is 9.17 Å². The number of ether oxygens (including phenoxy) is 1. The summed E-state index contributed by atoms with van der Waals surface area (Å²) in [5.74, 6) is -0.431. The van der Waals surface area contributed by atoms with E-state index < -0.39 is 5.97 Å². The lowest BCUT2D eigenvalue weighted by atomic mass is 10.4. The van der Waals surface area contributed by atoms with E-state index in [-0.39, 0.29) is 0 Å². The fourth-order valence-corrected chi connectivity index (χ4v) is 3.04. The van der Waals surface area contributed by atoms with Gasteiger partial charge in [0.15, 0.2) is 0 Å². The van der Waals surface area contributed by atoms with E-state index in [1.807, 2.05) is 6.07 Å². The summed E-state index contributed by atoms with van der Waals surface area (Å²) >= 11 is 10.6. The molecule has 0 bridgehead atoms. The summed E-state index contributed by atoms with van der Waals surface area (Å²) in [6.07, 6.45) is 1.64. The molecule has 0 saturated heterocycles. The second kappa shape index (κ2) is 4.08. The lowest BCUT2D eigenvalue weighted by Crippen LogP contribution is -1.98. The molecule has 3 nitrogen and oxygen atoms in total. The van der Waals surface area contributed by atoms with E-state index in [9.17, 15) is 4.79 Å². The van der Waals surface area contributed by atoms with Gasteiger partial charge in [-0.1, -0.05) is 11.6 Å². The number of nitrogens with zero attached hydrogens (tertiary/aromatic N) is 1. The molecule has 2 heterocycles. The number of thiophene rings is 1. The minimum atomic E-state index is -0.431. The number of carbonyl (C=O) groups is 1. The van der Waals surface area contributed by atoms with Crippen LogP contribution in [-0.4, -0.2) is 18.1 Å². The molecule has 0 amide bonds. The number of fused-ring (bicyclic) bond motifs is 1. The molecule has 0 fully saturated rings.